The first-order chi connectivity index (χ1) is 28.2. The summed E-state index contributed by atoms with van der Waals surface area (Å²) in [6.07, 6.45) is 0. The van der Waals surface area contributed by atoms with E-state index in [9.17, 15) is 0 Å². The largest absolute Gasteiger partial charge is 0.310 e. The molecule has 0 bridgehead atoms. The Morgan fingerprint density at radius 1 is 0.386 bits per heavy atom. The van der Waals surface area contributed by atoms with E-state index in [0.29, 0.717) is 0 Å². The minimum Gasteiger partial charge on any atom is -0.310 e. The molecule has 0 aliphatic rings. The van der Waals surface area contributed by atoms with Crippen LogP contribution >= 0.6 is 22.7 Å². The number of nitrogens with zero attached hydrogens (tertiary/aromatic N) is 2. The van der Waals surface area contributed by atoms with Gasteiger partial charge in [-0.15, -0.1) is 22.7 Å². The third-order valence-electron chi connectivity index (χ3n) is 10.9. The molecule has 11 rings (SSSR count). The van der Waals surface area contributed by atoms with Crippen LogP contribution in [0.5, 0.6) is 0 Å². The fourth-order valence-corrected chi connectivity index (χ4v) is 10.3. The first kappa shape index (κ1) is 33.5. The maximum absolute atomic E-state index is 5.11. The summed E-state index contributed by atoms with van der Waals surface area (Å²) in [6, 6.07) is 74.6. The molecule has 0 fully saturated rings. The Hall–Kier alpha value is -6.85. The minimum atomic E-state index is 1.04. The van der Waals surface area contributed by atoms with Gasteiger partial charge in [0.2, 0.25) is 0 Å². The molecule has 57 heavy (non-hydrogen) atoms. The van der Waals surface area contributed by atoms with Crippen LogP contribution in [0.4, 0.5) is 17.1 Å². The maximum atomic E-state index is 5.11. The van der Waals surface area contributed by atoms with Crippen molar-refractivity contribution < 1.29 is 0 Å². The monoisotopic (exact) mass is 762 g/mol. The molecule has 0 N–H and O–H groups in total. The summed E-state index contributed by atoms with van der Waals surface area (Å²) in [7, 11) is 0. The summed E-state index contributed by atoms with van der Waals surface area (Å²) in [4.78, 5) is 7.56. The smallest absolute Gasteiger partial charge is 0.124 e. The number of hydrogen-bond donors (Lipinski definition) is 0. The van der Waals surface area contributed by atoms with Gasteiger partial charge in [-0.05, 0) is 93.2 Å². The summed E-state index contributed by atoms with van der Waals surface area (Å²) in [5, 5.41) is 6.01. The molecule has 2 heterocycles. The molecule has 9 aromatic carbocycles. The van der Waals surface area contributed by atoms with Crippen molar-refractivity contribution in [1.29, 1.82) is 0 Å². The van der Waals surface area contributed by atoms with Gasteiger partial charge in [-0.2, -0.15) is 0 Å². The lowest BCUT2D eigenvalue weighted by atomic mass is 9.97. The van der Waals surface area contributed by atoms with E-state index in [1.807, 2.05) is 11.3 Å². The summed E-state index contributed by atoms with van der Waals surface area (Å²) < 4.78 is 3.79. The van der Waals surface area contributed by atoms with Crippen molar-refractivity contribution in [2.75, 3.05) is 4.90 Å². The predicted molar refractivity (Wildman–Crippen MR) is 246 cm³/mol. The van der Waals surface area contributed by atoms with Crippen molar-refractivity contribution >= 4 is 80.9 Å². The number of rotatable bonds is 7. The van der Waals surface area contributed by atoms with Crippen molar-refractivity contribution in [3.63, 3.8) is 0 Å². The highest BCUT2D eigenvalue weighted by molar-refractivity contribution is 7.28. The molecular weight excluding hydrogens is 729 g/mol. The Labute approximate surface area is 339 Å². The van der Waals surface area contributed by atoms with Crippen LogP contribution in [0.25, 0.3) is 85.1 Å². The van der Waals surface area contributed by atoms with Crippen LogP contribution in [0, 0.1) is 0 Å². The molecule has 268 valence electrons. The molecule has 0 aliphatic heterocycles. The molecule has 4 heteroatoms. The Kier molecular flexibility index (Phi) is 8.24. The second-order valence-corrected chi connectivity index (χ2v) is 16.4. The fourth-order valence-electron chi connectivity index (χ4n) is 8.06. The third kappa shape index (κ3) is 6.07. The van der Waals surface area contributed by atoms with Crippen LogP contribution in [0.1, 0.15) is 0 Å². The Morgan fingerprint density at radius 3 is 1.58 bits per heavy atom. The number of hydrogen-bond acceptors (Lipinski definition) is 4. The third-order valence-corrected chi connectivity index (χ3v) is 13.2. The van der Waals surface area contributed by atoms with E-state index in [4.69, 9.17) is 4.98 Å². The Morgan fingerprint density at radius 2 is 0.912 bits per heavy atom. The Bertz CT molecular complexity index is 3200. The molecule has 0 radical (unpaired) electrons. The molecule has 0 spiro atoms. The topological polar surface area (TPSA) is 16.1 Å². The van der Waals surface area contributed by atoms with Gasteiger partial charge in [0, 0.05) is 42.7 Å². The molecule has 0 unspecified atom stereocenters. The van der Waals surface area contributed by atoms with E-state index in [0.717, 1.165) is 33.1 Å². The zero-order valence-corrected chi connectivity index (χ0v) is 32.5. The van der Waals surface area contributed by atoms with Crippen molar-refractivity contribution in [3.8, 4) is 44.0 Å². The number of aromatic nitrogens is 1. The van der Waals surface area contributed by atoms with Crippen LogP contribution < -0.4 is 4.90 Å². The van der Waals surface area contributed by atoms with Crippen LogP contribution in [-0.2, 0) is 0 Å². The molecule has 2 nitrogen and oxygen atoms in total. The van der Waals surface area contributed by atoms with Crippen LogP contribution in [0.15, 0.2) is 206 Å². The number of anilines is 3. The van der Waals surface area contributed by atoms with Crippen LogP contribution in [-0.4, -0.2) is 4.98 Å². The van der Waals surface area contributed by atoms with Gasteiger partial charge in [-0.25, -0.2) is 4.98 Å². The van der Waals surface area contributed by atoms with Crippen molar-refractivity contribution in [2.45, 2.75) is 0 Å². The van der Waals surface area contributed by atoms with Gasteiger partial charge in [0.15, 0.2) is 0 Å². The van der Waals surface area contributed by atoms with Gasteiger partial charge in [0.05, 0.1) is 15.9 Å². The lowest BCUT2D eigenvalue weighted by Gasteiger charge is -2.29. The van der Waals surface area contributed by atoms with E-state index in [2.05, 4.69) is 211 Å². The number of thiophene rings is 1. The molecule has 11 aromatic rings. The van der Waals surface area contributed by atoms with Gasteiger partial charge >= 0.3 is 0 Å². The van der Waals surface area contributed by atoms with E-state index >= 15 is 0 Å². The maximum Gasteiger partial charge on any atom is 0.124 e. The summed E-state index contributed by atoms with van der Waals surface area (Å²) in [6.45, 7) is 0. The fraction of sp³-hybridized carbons (Fsp3) is 0. The second-order valence-electron chi connectivity index (χ2n) is 14.4. The summed E-state index contributed by atoms with van der Waals surface area (Å²) in [5.74, 6) is 0. The van der Waals surface area contributed by atoms with Gasteiger partial charge in [-0.1, -0.05) is 152 Å². The average molecular weight is 763 g/mol. The minimum absolute atomic E-state index is 1.04. The summed E-state index contributed by atoms with van der Waals surface area (Å²) >= 11 is 3.64. The molecule has 0 atom stereocenters. The van der Waals surface area contributed by atoms with Crippen molar-refractivity contribution in [1.82, 2.24) is 4.98 Å². The first-order valence-electron chi connectivity index (χ1n) is 19.2. The Balaban J connectivity index is 1.10. The molecule has 2 aromatic heterocycles. The molecule has 0 saturated heterocycles. The predicted octanol–water partition coefficient (Wildman–Crippen LogP) is 16.0. The SMILES string of the molecule is c1ccc(-c2ccc(-c3ccc(N(c4ccc5sc6ccc7nc(-c8ccccc8)sc7c6c5c4)c4cc5ccccc5cc4-c4ccccc4)cc3)cc2)cc1. The molecule has 0 saturated carbocycles. The molecular formula is C53H34N2S2. The first-order valence-corrected chi connectivity index (χ1v) is 20.8. The van der Waals surface area contributed by atoms with Crippen LogP contribution in [0.3, 0.4) is 0 Å². The average Bonchev–Trinajstić information content (AvgIpc) is 3.89. The molecule has 0 aliphatic carbocycles. The van der Waals surface area contributed by atoms with Crippen LogP contribution in [0.2, 0.25) is 0 Å². The van der Waals surface area contributed by atoms with Gasteiger partial charge < -0.3 is 4.90 Å². The van der Waals surface area contributed by atoms with E-state index in [-0.39, 0.29) is 0 Å². The van der Waals surface area contributed by atoms with E-state index in [1.54, 1.807) is 11.3 Å². The highest BCUT2D eigenvalue weighted by Gasteiger charge is 2.21. The number of benzene rings is 9. The zero-order valence-electron chi connectivity index (χ0n) is 30.8. The summed E-state index contributed by atoms with van der Waals surface area (Å²) in [5.41, 5.74) is 12.7. The standard InChI is InChI=1S/C53H34N2S2/c1-4-12-35(13-5-1)36-20-22-37(23-21-36)38-24-26-43(27-25-38)55(48-33-42-19-11-10-18-41(42)32-45(48)39-14-6-2-7-15-39)44-28-30-49-46(34-44)51-50(56-49)31-29-47-52(51)57-53(54-47)40-16-8-3-9-17-40/h1-34H. The van der Waals surface area contributed by atoms with E-state index in [1.165, 1.54) is 69.0 Å². The quantitative estimate of drug-likeness (QED) is 0.161. The number of fused-ring (bicyclic) bond motifs is 6. The van der Waals surface area contributed by atoms with Crippen molar-refractivity contribution in [3.05, 3.63) is 206 Å². The normalized spacial score (nSPS) is 11.5. The van der Waals surface area contributed by atoms with E-state index < -0.39 is 0 Å². The number of thiazole rings is 1. The molecule has 0 amide bonds. The zero-order chi connectivity index (χ0) is 37.7. The lowest BCUT2D eigenvalue weighted by Crippen LogP contribution is -2.11. The highest BCUT2D eigenvalue weighted by Crippen LogP contribution is 2.47. The lowest BCUT2D eigenvalue weighted by molar-refractivity contribution is 1.29. The highest BCUT2D eigenvalue weighted by atomic mass is 32.1. The second kappa shape index (κ2) is 14.0. The van der Waals surface area contributed by atoms with Crippen molar-refractivity contribution in [2.24, 2.45) is 0 Å². The van der Waals surface area contributed by atoms with Gasteiger partial charge in [-0.3, -0.25) is 0 Å². The van der Waals surface area contributed by atoms with Gasteiger partial charge in [0.25, 0.3) is 0 Å². The van der Waals surface area contributed by atoms with Gasteiger partial charge in [0.1, 0.15) is 5.01 Å².